The minimum atomic E-state index is -0.635. The van der Waals surface area contributed by atoms with Gasteiger partial charge < -0.3 is 5.32 Å². The highest BCUT2D eigenvalue weighted by atomic mass is 79.9. The van der Waals surface area contributed by atoms with E-state index in [9.17, 15) is 13.2 Å². The molecular weight excluding hydrogens is 331 g/mol. The molecule has 1 atom stereocenters. The minimum absolute atomic E-state index is 0.290. The van der Waals surface area contributed by atoms with Gasteiger partial charge in [0.05, 0.1) is 0 Å². The van der Waals surface area contributed by atoms with Gasteiger partial charge in [0.15, 0.2) is 0 Å². The van der Waals surface area contributed by atoms with E-state index in [1.807, 2.05) is 0 Å². The Balaban J connectivity index is 2.31. The molecule has 0 saturated heterocycles. The Morgan fingerprint density at radius 1 is 1.05 bits per heavy atom. The van der Waals surface area contributed by atoms with E-state index in [-0.39, 0.29) is 11.9 Å². The molecule has 0 saturated carbocycles. The van der Waals surface area contributed by atoms with Crippen molar-refractivity contribution < 1.29 is 13.2 Å². The topological polar surface area (TPSA) is 12.0 Å². The molecule has 0 aromatic heterocycles. The molecule has 0 radical (unpaired) electrons. The lowest BCUT2D eigenvalue weighted by atomic mass is 9.98. The van der Waals surface area contributed by atoms with Gasteiger partial charge in [-0.2, -0.15) is 0 Å². The van der Waals surface area contributed by atoms with Crippen LogP contribution in [0, 0.1) is 17.5 Å². The number of rotatable bonds is 4. The van der Waals surface area contributed by atoms with Gasteiger partial charge in [-0.1, -0.05) is 15.9 Å². The van der Waals surface area contributed by atoms with Crippen molar-refractivity contribution in [2.45, 2.75) is 12.5 Å². The van der Waals surface area contributed by atoms with Gasteiger partial charge in [0.25, 0.3) is 0 Å². The highest BCUT2D eigenvalue weighted by molar-refractivity contribution is 9.10. The summed E-state index contributed by atoms with van der Waals surface area (Å²) < 4.78 is 41.0. The second-order valence-corrected chi connectivity index (χ2v) is 5.40. The van der Waals surface area contributed by atoms with E-state index in [2.05, 4.69) is 21.2 Å². The average molecular weight is 344 g/mol. The lowest BCUT2D eigenvalue weighted by Gasteiger charge is -2.18. The van der Waals surface area contributed by atoms with Crippen LogP contribution < -0.4 is 5.32 Å². The van der Waals surface area contributed by atoms with E-state index < -0.39 is 11.6 Å². The van der Waals surface area contributed by atoms with Crippen LogP contribution in [-0.4, -0.2) is 7.05 Å². The molecule has 0 heterocycles. The first kappa shape index (κ1) is 15.1. The van der Waals surface area contributed by atoms with Gasteiger partial charge in [0.2, 0.25) is 0 Å². The minimum Gasteiger partial charge on any atom is -0.313 e. The monoisotopic (exact) mass is 343 g/mol. The summed E-state index contributed by atoms with van der Waals surface area (Å²) >= 11 is 3.29. The van der Waals surface area contributed by atoms with Crippen molar-refractivity contribution in [1.82, 2.24) is 5.32 Å². The van der Waals surface area contributed by atoms with Crippen LogP contribution >= 0.6 is 15.9 Å². The highest BCUT2D eigenvalue weighted by Gasteiger charge is 2.16. The van der Waals surface area contributed by atoms with Crippen LogP contribution in [0.25, 0.3) is 0 Å². The predicted molar refractivity (Wildman–Crippen MR) is 76.0 cm³/mol. The Bertz CT molecular complexity index is 596. The molecule has 0 aliphatic heterocycles. The Morgan fingerprint density at radius 2 is 1.70 bits per heavy atom. The first-order valence-electron chi connectivity index (χ1n) is 6.07. The van der Waals surface area contributed by atoms with Crippen LogP contribution in [0.1, 0.15) is 17.2 Å². The van der Waals surface area contributed by atoms with E-state index in [4.69, 9.17) is 0 Å². The van der Waals surface area contributed by atoms with E-state index in [0.29, 0.717) is 17.5 Å². The molecular formula is C15H13BrF3N. The van der Waals surface area contributed by atoms with Gasteiger partial charge in [-0.3, -0.25) is 0 Å². The molecule has 5 heteroatoms. The van der Waals surface area contributed by atoms with Crippen LogP contribution in [0.15, 0.2) is 40.9 Å². The van der Waals surface area contributed by atoms with Crippen LogP contribution in [-0.2, 0) is 6.42 Å². The lowest BCUT2D eigenvalue weighted by molar-refractivity contribution is 0.528. The maximum absolute atomic E-state index is 13.9. The fraction of sp³-hybridized carbons (Fsp3) is 0.200. The molecule has 20 heavy (non-hydrogen) atoms. The molecule has 2 rings (SSSR count). The molecule has 1 nitrogen and oxygen atoms in total. The van der Waals surface area contributed by atoms with E-state index in [1.165, 1.54) is 18.2 Å². The number of hydrogen-bond acceptors (Lipinski definition) is 1. The van der Waals surface area contributed by atoms with Crippen LogP contribution in [0.2, 0.25) is 0 Å². The molecule has 0 aliphatic rings. The van der Waals surface area contributed by atoms with Gasteiger partial charge in [0, 0.05) is 22.1 Å². The van der Waals surface area contributed by atoms with Crippen molar-refractivity contribution in [3.05, 3.63) is 69.4 Å². The second-order valence-electron chi connectivity index (χ2n) is 4.49. The van der Waals surface area contributed by atoms with Crippen molar-refractivity contribution in [3.8, 4) is 0 Å². The number of nitrogens with one attached hydrogen (secondary N) is 1. The Kier molecular flexibility index (Phi) is 4.83. The normalized spacial score (nSPS) is 12.4. The van der Waals surface area contributed by atoms with Crippen LogP contribution in [0.5, 0.6) is 0 Å². The molecule has 0 bridgehead atoms. The highest BCUT2D eigenvalue weighted by Crippen LogP contribution is 2.25. The average Bonchev–Trinajstić information content (AvgIpc) is 2.38. The Hall–Kier alpha value is -1.33. The smallest absolute Gasteiger partial charge is 0.128 e. The third kappa shape index (κ3) is 3.61. The lowest BCUT2D eigenvalue weighted by Crippen LogP contribution is -2.20. The summed E-state index contributed by atoms with van der Waals surface area (Å²) in [4.78, 5) is 0. The third-order valence-electron chi connectivity index (χ3n) is 3.04. The molecule has 1 N–H and O–H groups in total. The molecule has 2 aromatic rings. The fourth-order valence-electron chi connectivity index (χ4n) is 2.11. The Labute approximate surface area is 123 Å². The van der Waals surface area contributed by atoms with E-state index >= 15 is 0 Å². The number of hydrogen-bond donors (Lipinski definition) is 1. The van der Waals surface area contributed by atoms with Crippen molar-refractivity contribution in [2.24, 2.45) is 0 Å². The number of likely N-dealkylation sites (N-methyl/N-ethyl adjacent to an activating group) is 1. The SMILES string of the molecule is CNC(Cc1cc(F)cc(F)c1)c1cc(Br)ccc1F. The van der Waals surface area contributed by atoms with Gasteiger partial charge in [0.1, 0.15) is 17.5 Å². The summed E-state index contributed by atoms with van der Waals surface area (Å²) in [6.45, 7) is 0. The summed E-state index contributed by atoms with van der Waals surface area (Å²) in [5.74, 6) is -1.63. The predicted octanol–water partition coefficient (Wildman–Crippen LogP) is 4.37. The first-order chi connectivity index (χ1) is 9.49. The standard InChI is InChI=1S/C15H13BrF3N/c1-20-15(13-7-10(16)2-3-14(13)19)6-9-4-11(17)8-12(18)5-9/h2-5,7-8,15,20H,6H2,1H3. The quantitative estimate of drug-likeness (QED) is 0.869. The summed E-state index contributed by atoms with van der Waals surface area (Å²) in [6, 6.07) is 7.58. The van der Waals surface area contributed by atoms with E-state index in [1.54, 1.807) is 19.2 Å². The number of benzene rings is 2. The van der Waals surface area contributed by atoms with Crippen molar-refractivity contribution in [3.63, 3.8) is 0 Å². The molecule has 1 unspecified atom stereocenters. The summed E-state index contributed by atoms with van der Waals surface area (Å²) in [5.41, 5.74) is 0.924. The molecule has 2 aromatic carbocycles. The van der Waals surface area contributed by atoms with Crippen molar-refractivity contribution in [2.75, 3.05) is 7.05 Å². The summed E-state index contributed by atoms with van der Waals surface area (Å²) in [6.07, 6.45) is 0.290. The summed E-state index contributed by atoms with van der Waals surface area (Å²) in [5, 5.41) is 2.97. The maximum atomic E-state index is 13.9. The zero-order chi connectivity index (χ0) is 14.7. The summed E-state index contributed by atoms with van der Waals surface area (Å²) in [7, 11) is 1.68. The molecule has 0 fully saturated rings. The first-order valence-corrected chi connectivity index (χ1v) is 6.86. The molecule has 0 aliphatic carbocycles. The van der Waals surface area contributed by atoms with Gasteiger partial charge in [-0.15, -0.1) is 0 Å². The maximum Gasteiger partial charge on any atom is 0.128 e. The van der Waals surface area contributed by atoms with Gasteiger partial charge in [-0.25, -0.2) is 13.2 Å². The van der Waals surface area contributed by atoms with E-state index in [0.717, 1.165) is 10.5 Å². The van der Waals surface area contributed by atoms with Gasteiger partial charge >= 0.3 is 0 Å². The Morgan fingerprint density at radius 3 is 2.30 bits per heavy atom. The van der Waals surface area contributed by atoms with Crippen LogP contribution in [0.4, 0.5) is 13.2 Å². The largest absolute Gasteiger partial charge is 0.313 e. The number of halogens is 4. The fourth-order valence-corrected chi connectivity index (χ4v) is 2.49. The molecule has 0 spiro atoms. The zero-order valence-corrected chi connectivity index (χ0v) is 12.3. The van der Waals surface area contributed by atoms with Crippen molar-refractivity contribution >= 4 is 15.9 Å². The van der Waals surface area contributed by atoms with Crippen LogP contribution in [0.3, 0.4) is 0 Å². The van der Waals surface area contributed by atoms with Crippen molar-refractivity contribution in [1.29, 1.82) is 0 Å². The molecule has 106 valence electrons. The van der Waals surface area contributed by atoms with Gasteiger partial charge in [-0.05, 0) is 49.4 Å². The third-order valence-corrected chi connectivity index (χ3v) is 3.54. The molecule has 0 amide bonds. The second kappa shape index (κ2) is 6.41. The zero-order valence-electron chi connectivity index (χ0n) is 10.8.